The number of halogens is 2. The Morgan fingerprint density at radius 2 is 1.81 bits per heavy atom. The summed E-state index contributed by atoms with van der Waals surface area (Å²) in [6.45, 7) is 4.39. The first-order valence-corrected chi connectivity index (χ1v) is 11.0. The van der Waals surface area contributed by atoms with E-state index in [9.17, 15) is 9.18 Å². The lowest BCUT2D eigenvalue weighted by atomic mass is 10.1. The predicted molar refractivity (Wildman–Crippen MR) is 125 cm³/mol. The molecule has 5 nitrogen and oxygen atoms in total. The first-order valence-electron chi connectivity index (χ1n) is 10.6. The van der Waals surface area contributed by atoms with Gasteiger partial charge in [0, 0.05) is 22.0 Å². The van der Waals surface area contributed by atoms with Gasteiger partial charge < -0.3 is 19.9 Å². The average Bonchev–Trinajstić information content (AvgIpc) is 2.81. The van der Waals surface area contributed by atoms with Crippen molar-refractivity contribution in [2.75, 3.05) is 43.5 Å². The largest absolute Gasteiger partial charge is 0.496 e. The summed E-state index contributed by atoms with van der Waals surface area (Å²) in [5, 5.41) is 3.37. The zero-order valence-corrected chi connectivity index (χ0v) is 18.7. The van der Waals surface area contributed by atoms with Gasteiger partial charge in [0.15, 0.2) is 0 Å². The zero-order chi connectivity index (χ0) is 22.5. The quantitative estimate of drug-likeness (QED) is 0.597. The second-order valence-electron chi connectivity index (χ2n) is 7.85. The molecule has 3 aromatic carbocycles. The van der Waals surface area contributed by atoms with E-state index in [0.717, 1.165) is 37.4 Å². The minimum atomic E-state index is -0.276. The number of nitrogens with one attached hydrogen (secondary N) is 2. The summed E-state index contributed by atoms with van der Waals surface area (Å²) < 4.78 is 19.2. The molecule has 1 saturated heterocycles. The van der Waals surface area contributed by atoms with Crippen molar-refractivity contribution in [3.63, 3.8) is 0 Å². The van der Waals surface area contributed by atoms with Gasteiger partial charge in [-0.1, -0.05) is 29.8 Å². The van der Waals surface area contributed by atoms with Crippen LogP contribution in [0, 0.1) is 5.82 Å². The van der Waals surface area contributed by atoms with Gasteiger partial charge in [0.2, 0.25) is 0 Å². The van der Waals surface area contributed by atoms with Crippen LogP contribution in [0.15, 0.2) is 66.7 Å². The van der Waals surface area contributed by atoms with Crippen LogP contribution in [0.3, 0.4) is 0 Å². The zero-order valence-electron chi connectivity index (χ0n) is 17.9. The third-order valence-electron chi connectivity index (χ3n) is 5.77. The third kappa shape index (κ3) is 5.21. The standard InChI is InChI=1S/C25H25ClFN3O2/c1-32-24-11-6-19(26)16-22(24)25(31)28-20-7-9-21(10-8-20)30-14-12-29(13-15-30)17-18-4-2-3-5-23(18)27/h2-11,16H,12-15,17H2,1H3,(H,28,31)/p+1. The maximum atomic E-state index is 13.9. The third-order valence-corrected chi connectivity index (χ3v) is 6.00. The highest BCUT2D eigenvalue weighted by Crippen LogP contribution is 2.24. The summed E-state index contributed by atoms with van der Waals surface area (Å²) >= 11 is 6.03. The van der Waals surface area contributed by atoms with Crippen LogP contribution >= 0.6 is 11.6 Å². The molecule has 4 rings (SSSR count). The maximum Gasteiger partial charge on any atom is 0.259 e. The molecule has 0 aliphatic carbocycles. The average molecular weight is 455 g/mol. The SMILES string of the molecule is COc1ccc(Cl)cc1C(=O)Nc1ccc(N2CC[NH+](Cc3ccccc3F)CC2)cc1. The van der Waals surface area contributed by atoms with E-state index < -0.39 is 0 Å². The monoisotopic (exact) mass is 454 g/mol. The number of quaternary nitrogens is 1. The Morgan fingerprint density at radius 1 is 1.09 bits per heavy atom. The first-order chi connectivity index (χ1) is 15.5. The molecule has 1 amide bonds. The van der Waals surface area contributed by atoms with Crippen molar-refractivity contribution in [2.24, 2.45) is 0 Å². The molecule has 0 radical (unpaired) electrons. The van der Waals surface area contributed by atoms with E-state index in [1.807, 2.05) is 36.4 Å². The highest BCUT2D eigenvalue weighted by atomic mass is 35.5. The van der Waals surface area contributed by atoms with Crippen molar-refractivity contribution < 1.29 is 18.8 Å². The summed E-state index contributed by atoms with van der Waals surface area (Å²) in [7, 11) is 1.52. The molecule has 0 unspecified atom stereocenters. The molecular weight excluding hydrogens is 429 g/mol. The topological polar surface area (TPSA) is 46.0 Å². The molecule has 0 aromatic heterocycles. The molecule has 1 aliphatic rings. The molecule has 1 aliphatic heterocycles. The number of amides is 1. The molecule has 3 aromatic rings. The minimum Gasteiger partial charge on any atom is -0.496 e. The number of carbonyl (C=O) groups is 1. The number of hydrogen-bond donors (Lipinski definition) is 2. The Balaban J connectivity index is 1.34. The molecule has 0 bridgehead atoms. The fraction of sp³-hybridized carbons (Fsp3) is 0.240. The fourth-order valence-corrected chi connectivity index (χ4v) is 4.15. The molecule has 166 valence electrons. The predicted octanol–water partition coefficient (Wildman–Crippen LogP) is 3.65. The lowest BCUT2D eigenvalue weighted by Gasteiger charge is -2.33. The van der Waals surface area contributed by atoms with Gasteiger partial charge in [-0.2, -0.15) is 0 Å². The van der Waals surface area contributed by atoms with E-state index in [0.29, 0.717) is 28.6 Å². The van der Waals surface area contributed by atoms with Crippen molar-refractivity contribution in [3.05, 3.63) is 88.7 Å². The maximum absolute atomic E-state index is 13.9. The van der Waals surface area contributed by atoms with Gasteiger partial charge in [0.05, 0.1) is 38.9 Å². The van der Waals surface area contributed by atoms with Crippen LogP contribution in [-0.2, 0) is 6.54 Å². The van der Waals surface area contributed by atoms with Gasteiger partial charge in [-0.25, -0.2) is 4.39 Å². The number of benzene rings is 3. The number of ether oxygens (including phenoxy) is 1. The van der Waals surface area contributed by atoms with Gasteiger partial charge in [-0.15, -0.1) is 0 Å². The Hall–Kier alpha value is -3.09. The smallest absolute Gasteiger partial charge is 0.259 e. The Labute approximate surface area is 192 Å². The normalized spacial score (nSPS) is 14.3. The van der Waals surface area contributed by atoms with Crippen molar-refractivity contribution in [1.29, 1.82) is 0 Å². The lowest BCUT2D eigenvalue weighted by molar-refractivity contribution is -0.914. The lowest BCUT2D eigenvalue weighted by Crippen LogP contribution is -3.13. The number of piperazine rings is 1. The molecule has 0 saturated carbocycles. The fourth-order valence-electron chi connectivity index (χ4n) is 3.98. The van der Waals surface area contributed by atoms with E-state index in [2.05, 4.69) is 10.2 Å². The summed E-state index contributed by atoms with van der Waals surface area (Å²) in [5.41, 5.74) is 2.96. The molecule has 32 heavy (non-hydrogen) atoms. The van der Waals surface area contributed by atoms with Crippen molar-refractivity contribution in [1.82, 2.24) is 0 Å². The van der Waals surface area contributed by atoms with Gasteiger partial charge in [0.25, 0.3) is 5.91 Å². The summed E-state index contributed by atoms with van der Waals surface area (Å²) in [4.78, 5) is 16.3. The van der Waals surface area contributed by atoms with Crippen LogP contribution in [0.25, 0.3) is 0 Å². The van der Waals surface area contributed by atoms with E-state index in [1.54, 1.807) is 24.3 Å². The minimum absolute atomic E-state index is 0.129. The Bertz CT molecular complexity index is 1080. The highest BCUT2D eigenvalue weighted by molar-refractivity contribution is 6.31. The van der Waals surface area contributed by atoms with E-state index in [-0.39, 0.29) is 11.7 Å². The molecule has 2 N–H and O–H groups in total. The van der Waals surface area contributed by atoms with Crippen LogP contribution in [-0.4, -0.2) is 39.2 Å². The van der Waals surface area contributed by atoms with Crippen molar-refractivity contribution >= 4 is 28.9 Å². The molecule has 0 atom stereocenters. The van der Waals surface area contributed by atoms with Crippen molar-refractivity contribution in [3.8, 4) is 5.75 Å². The van der Waals surface area contributed by atoms with Crippen LogP contribution in [0.4, 0.5) is 15.8 Å². The van der Waals surface area contributed by atoms with Crippen LogP contribution in [0.1, 0.15) is 15.9 Å². The van der Waals surface area contributed by atoms with Crippen molar-refractivity contribution in [2.45, 2.75) is 6.54 Å². The molecular formula is C25H26ClFN3O2+. The first kappa shape index (κ1) is 22.1. The van der Waals surface area contributed by atoms with E-state index in [1.165, 1.54) is 18.1 Å². The summed E-state index contributed by atoms with van der Waals surface area (Å²) in [5.74, 6) is 0.0668. The second-order valence-corrected chi connectivity index (χ2v) is 8.29. The van der Waals surface area contributed by atoms with Crippen LogP contribution in [0.2, 0.25) is 5.02 Å². The molecule has 7 heteroatoms. The number of rotatable bonds is 6. The number of nitrogens with zero attached hydrogens (tertiary/aromatic N) is 1. The second kappa shape index (κ2) is 10.0. The number of hydrogen-bond acceptors (Lipinski definition) is 3. The summed E-state index contributed by atoms with van der Waals surface area (Å²) in [6, 6.07) is 19.7. The summed E-state index contributed by atoms with van der Waals surface area (Å²) in [6.07, 6.45) is 0. The van der Waals surface area contributed by atoms with Gasteiger partial charge in [0.1, 0.15) is 18.1 Å². The number of anilines is 2. The van der Waals surface area contributed by atoms with Crippen LogP contribution < -0.4 is 19.9 Å². The number of methoxy groups -OCH3 is 1. The molecule has 1 fully saturated rings. The van der Waals surface area contributed by atoms with Gasteiger partial charge >= 0.3 is 0 Å². The molecule has 1 heterocycles. The molecule has 0 spiro atoms. The highest BCUT2D eigenvalue weighted by Gasteiger charge is 2.21. The Morgan fingerprint density at radius 3 is 2.50 bits per heavy atom. The van der Waals surface area contributed by atoms with E-state index in [4.69, 9.17) is 16.3 Å². The van der Waals surface area contributed by atoms with Gasteiger partial charge in [-0.3, -0.25) is 4.79 Å². The number of carbonyl (C=O) groups excluding carboxylic acids is 1. The van der Waals surface area contributed by atoms with E-state index >= 15 is 0 Å². The van der Waals surface area contributed by atoms with Gasteiger partial charge in [-0.05, 0) is 48.5 Å². The van der Waals surface area contributed by atoms with Crippen LogP contribution in [0.5, 0.6) is 5.75 Å². The Kier molecular flexibility index (Phi) is 6.93.